The van der Waals surface area contributed by atoms with Crippen LogP contribution in [0.2, 0.25) is 0 Å². The highest BCUT2D eigenvalue weighted by atomic mass is 32.2. The number of hydrogen-bond acceptors (Lipinski definition) is 5. The van der Waals surface area contributed by atoms with Gasteiger partial charge in [-0.2, -0.15) is 5.10 Å². The largest absolute Gasteiger partial charge is 0.462 e. The van der Waals surface area contributed by atoms with E-state index in [1.54, 1.807) is 12.1 Å². The predicted molar refractivity (Wildman–Crippen MR) is 141 cm³/mol. The summed E-state index contributed by atoms with van der Waals surface area (Å²) in [6, 6.07) is 14.8. The van der Waals surface area contributed by atoms with Crippen molar-refractivity contribution in [2.75, 3.05) is 6.61 Å². The lowest BCUT2D eigenvalue weighted by molar-refractivity contribution is 0.0523. The van der Waals surface area contributed by atoms with Gasteiger partial charge in [0.05, 0.1) is 22.9 Å². The Hall–Kier alpha value is -2.97. The Morgan fingerprint density at radius 2 is 1.75 bits per heavy atom. The zero-order valence-electron chi connectivity index (χ0n) is 21.7. The second-order valence-electron chi connectivity index (χ2n) is 10.2. The molecule has 0 amide bonds. The van der Waals surface area contributed by atoms with Gasteiger partial charge in [-0.25, -0.2) is 17.9 Å². The van der Waals surface area contributed by atoms with Crippen LogP contribution in [-0.4, -0.2) is 36.3 Å². The van der Waals surface area contributed by atoms with Crippen molar-refractivity contribution in [1.29, 1.82) is 0 Å². The maximum Gasteiger partial charge on any atom is 0.341 e. The lowest BCUT2D eigenvalue weighted by Gasteiger charge is -2.21. The van der Waals surface area contributed by atoms with Crippen LogP contribution in [0, 0.1) is 0 Å². The Kier molecular flexibility index (Phi) is 7.38. The van der Waals surface area contributed by atoms with Crippen LogP contribution in [0.3, 0.4) is 0 Å². The van der Waals surface area contributed by atoms with Gasteiger partial charge in [0, 0.05) is 30.0 Å². The van der Waals surface area contributed by atoms with Crippen molar-refractivity contribution in [3.05, 3.63) is 71.0 Å². The first kappa shape index (κ1) is 26.1. The molecule has 1 saturated carbocycles. The molecular formula is C28H35N3O4S. The number of aromatic nitrogens is 2. The van der Waals surface area contributed by atoms with E-state index >= 15 is 0 Å². The molecule has 192 valence electrons. The molecule has 0 radical (unpaired) electrons. The van der Waals surface area contributed by atoms with Gasteiger partial charge in [0.1, 0.15) is 5.56 Å². The number of carbonyl (C=O) groups is 1. The van der Waals surface area contributed by atoms with Crippen LogP contribution in [-0.2, 0) is 27.7 Å². The fraction of sp³-hybridized carbons (Fsp3) is 0.429. The maximum absolute atomic E-state index is 13.1. The van der Waals surface area contributed by atoms with E-state index in [-0.39, 0.29) is 10.9 Å². The molecule has 0 aliphatic heterocycles. The standard InChI is InChI=1S/C28H35N3O4S/c1-6-31-23(25(27(32)35-7-2)26(29-31)21-16-17-21)18-19-12-14-20(15-13-19)22-10-8-9-11-24(22)36(33,34)30-28(3,4)5/h8-15,21,30H,6-7,16-18H2,1-5H3. The number of sulfonamides is 1. The molecule has 3 aromatic rings. The fourth-order valence-electron chi connectivity index (χ4n) is 4.42. The van der Waals surface area contributed by atoms with Gasteiger partial charge in [0.15, 0.2) is 0 Å². The number of esters is 1. The van der Waals surface area contributed by atoms with Crippen LogP contribution in [0.1, 0.15) is 80.7 Å². The van der Waals surface area contributed by atoms with Crippen LogP contribution in [0.4, 0.5) is 0 Å². The first-order valence-electron chi connectivity index (χ1n) is 12.5. The third-order valence-corrected chi connectivity index (χ3v) is 7.90. The molecule has 1 aromatic heterocycles. The van der Waals surface area contributed by atoms with Crippen LogP contribution >= 0.6 is 0 Å². The van der Waals surface area contributed by atoms with Gasteiger partial charge in [-0.05, 0) is 64.7 Å². The second kappa shape index (κ2) is 10.2. The van der Waals surface area contributed by atoms with E-state index in [9.17, 15) is 13.2 Å². The topological polar surface area (TPSA) is 90.3 Å². The summed E-state index contributed by atoms with van der Waals surface area (Å²) in [6.45, 7) is 10.3. The van der Waals surface area contributed by atoms with Crippen molar-refractivity contribution >= 4 is 16.0 Å². The number of ether oxygens (including phenoxy) is 1. The highest BCUT2D eigenvalue weighted by Crippen LogP contribution is 2.42. The van der Waals surface area contributed by atoms with E-state index in [0.29, 0.717) is 36.6 Å². The van der Waals surface area contributed by atoms with Gasteiger partial charge in [-0.1, -0.05) is 42.5 Å². The Balaban J connectivity index is 1.67. The van der Waals surface area contributed by atoms with Crippen LogP contribution < -0.4 is 4.72 Å². The van der Waals surface area contributed by atoms with Crippen LogP contribution in [0.25, 0.3) is 11.1 Å². The van der Waals surface area contributed by atoms with Crippen LogP contribution in [0.5, 0.6) is 0 Å². The zero-order valence-corrected chi connectivity index (χ0v) is 22.5. The summed E-state index contributed by atoms with van der Waals surface area (Å²) >= 11 is 0. The molecule has 8 heteroatoms. The van der Waals surface area contributed by atoms with Crippen molar-refractivity contribution in [3.63, 3.8) is 0 Å². The molecule has 1 N–H and O–H groups in total. The molecule has 0 atom stereocenters. The summed E-state index contributed by atoms with van der Waals surface area (Å²) in [5.41, 5.74) is 4.19. The smallest absolute Gasteiger partial charge is 0.341 e. The van der Waals surface area contributed by atoms with Gasteiger partial charge >= 0.3 is 5.97 Å². The third kappa shape index (κ3) is 5.71. The summed E-state index contributed by atoms with van der Waals surface area (Å²) in [5.74, 6) is 0.0229. The SMILES string of the molecule is CCOC(=O)c1c(C2CC2)nn(CC)c1Cc1ccc(-c2ccccc2S(=O)(=O)NC(C)(C)C)cc1. The number of rotatable bonds is 9. The average Bonchev–Trinajstić information content (AvgIpc) is 3.60. The number of carbonyl (C=O) groups excluding carboxylic acids is 1. The monoisotopic (exact) mass is 509 g/mol. The van der Waals surface area contributed by atoms with Crippen molar-refractivity contribution < 1.29 is 17.9 Å². The first-order valence-corrected chi connectivity index (χ1v) is 14.0. The normalized spacial score (nSPS) is 14.1. The highest BCUT2D eigenvalue weighted by Gasteiger charge is 2.35. The Morgan fingerprint density at radius 3 is 2.33 bits per heavy atom. The Morgan fingerprint density at radius 1 is 1.08 bits per heavy atom. The quantitative estimate of drug-likeness (QED) is 0.396. The molecule has 1 aliphatic rings. The molecule has 0 saturated heterocycles. The Labute approximate surface area is 213 Å². The summed E-state index contributed by atoms with van der Waals surface area (Å²) < 4.78 is 36.2. The molecule has 2 aromatic carbocycles. The number of nitrogens with zero attached hydrogens (tertiary/aromatic N) is 2. The molecule has 0 bridgehead atoms. The van der Waals surface area contributed by atoms with Crippen LogP contribution in [0.15, 0.2) is 53.4 Å². The van der Waals surface area contributed by atoms with Crippen molar-refractivity contribution in [2.45, 2.75) is 76.8 Å². The number of hydrogen-bond donors (Lipinski definition) is 1. The van der Waals surface area contributed by atoms with Gasteiger partial charge in [-0.15, -0.1) is 0 Å². The van der Waals surface area contributed by atoms with Crippen molar-refractivity contribution in [1.82, 2.24) is 14.5 Å². The number of nitrogens with one attached hydrogen (secondary N) is 1. The van der Waals surface area contributed by atoms with Gasteiger partial charge in [0.2, 0.25) is 10.0 Å². The van der Waals surface area contributed by atoms with E-state index in [1.807, 2.05) is 75.7 Å². The molecule has 0 spiro atoms. The van der Waals surface area contributed by atoms with E-state index in [2.05, 4.69) is 4.72 Å². The minimum atomic E-state index is -3.70. The van der Waals surface area contributed by atoms with Gasteiger partial charge in [-0.3, -0.25) is 4.68 Å². The second-order valence-corrected chi connectivity index (χ2v) is 11.9. The molecular weight excluding hydrogens is 474 g/mol. The predicted octanol–water partition coefficient (Wildman–Crippen LogP) is 5.29. The zero-order chi connectivity index (χ0) is 26.1. The summed E-state index contributed by atoms with van der Waals surface area (Å²) in [4.78, 5) is 13.1. The lowest BCUT2D eigenvalue weighted by Crippen LogP contribution is -2.40. The molecule has 1 fully saturated rings. The van der Waals surface area contributed by atoms with E-state index in [1.165, 1.54) is 0 Å². The minimum Gasteiger partial charge on any atom is -0.462 e. The Bertz CT molecular complexity index is 1350. The third-order valence-electron chi connectivity index (χ3n) is 6.08. The summed E-state index contributed by atoms with van der Waals surface area (Å²) in [5, 5.41) is 4.77. The first-order chi connectivity index (χ1) is 17.0. The molecule has 0 unspecified atom stereocenters. The van der Waals surface area contributed by atoms with E-state index in [4.69, 9.17) is 9.84 Å². The number of benzene rings is 2. The van der Waals surface area contributed by atoms with E-state index in [0.717, 1.165) is 35.4 Å². The molecule has 1 heterocycles. The maximum atomic E-state index is 13.1. The molecule has 1 aliphatic carbocycles. The van der Waals surface area contributed by atoms with Crippen molar-refractivity contribution in [3.8, 4) is 11.1 Å². The lowest BCUT2D eigenvalue weighted by atomic mass is 10.00. The van der Waals surface area contributed by atoms with Gasteiger partial charge in [0.25, 0.3) is 0 Å². The minimum absolute atomic E-state index is 0.246. The number of aryl methyl sites for hydroxylation is 1. The molecule has 36 heavy (non-hydrogen) atoms. The van der Waals surface area contributed by atoms with E-state index < -0.39 is 15.6 Å². The highest BCUT2D eigenvalue weighted by molar-refractivity contribution is 7.89. The molecule has 7 nitrogen and oxygen atoms in total. The summed E-state index contributed by atoms with van der Waals surface area (Å²) in [6.07, 6.45) is 2.63. The van der Waals surface area contributed by atoms with Crippen molar-refractivity contribution in [2.24, 2.45) is 0 Å². The molecule has 4 rings (SSSR count). The van der Waals surface area contributed by atoms with Gasteiger partial charge < -0.3 is 4.74 Å². The summed E-state index contributed by atoms with van der Waals surface area (Å²) in [7, 11) is -3.70. The fourth-order valence-corrected chi connectivity index (χ4v) is 6.07. The average molecular weight is 510 g/mol.